The molecule has 16 heavy (non-hydrogen) atoms. The van der Waals surface area contributed by atoms with Crippen LogP contribution in [-0.2, 0) is 0 Å². The highest BCUT2D eigenvalue weighted by molar-refractivity contribution is 5.38. The van der Waals surface area contributed by atoms with Crippen LogP contribution in [0.4, 0.5) is 5.82 Å². The van der Waals surface area contributed by atoms with E-state index in [0.717, 1.165) is 25.5 Å². The Morgan fingerprint density at radius 1 is 1.56 bits per heavy atom. The van der Waals surface area contributed by atoms with E-state index < -0.39 is 0 Å². The van der Waals surface area contributed by atoms with Crippen LogP contribution in [0.25, 0.3) is 0 Å². The van der Waals surface area contributed by atoms with E-state index in [1.165, 1.54) is 0 Å². The SMILES string of the molecule is CCOc1cncc(N2CCNC(C)C2)n1. The van der Waals surface area contributed by atoms with Gasteiger partial charge < -0.3 is 15.0 Å². The van der Waals surface area contributed by atoms with E-state index in [9.17, 15) is 0 Å². The molecule has 1 saturated heterocycles. The highest BCUT2D eigenvalue weighted by Crippen LogP contribution is 2.15. The molecular formula is C11H18N4O. The smallest absolute Gasteiger partial charge is 0.234 e. The Morgan fingerprint density at radius 2 is 2.44 bits per heavy atom. The summed E-state index contributed by atoms with van der Waals surface area (Å²) < 4.78 is 5.35. The molecule has 0 bridgehead atoms. The largest absolute Gasteiger partial charge is 0.477 e. The molecular weight excluding hydrogens is 204 g/mol. The van der Waals surface area contributed by atoms with Gasteiger partial charge >= 0.3 is 0 Å². The molecule has 2 heterocycles. The molecule has 1 aromatic rings. The average Bonchev–Trinajstić information content (AvgIpc) is 2.30. The predicted molar refractivity (Wildman–Crippen MR) is 62.9 cm³/mol. The lowest BCUT2D eigenvalue weighted by atomic mass is 10.2. The van der Waals surface area contributed by atoms with E-state index in [-0.39, 0.29) is 0 Å². The van der Waals surface area contributed by atoms with Crippen molar-refractivity contribution < 1.29 is 4.74 Å². The molecule has 2 rings (SSSR count). The molecule has 88 valence electrons. The van der Waals surface area contributed by atoms with Crippen LogP contribution in [0.2, 0.25) is 0 Å². The molecule has 0 aromatic carbocycles. The lowest BCUT2D eigenvalue weighted by molar-refractivity contribution is 0.325. The van der Waals surface area contributed by atoms with E-state index in [1.807, 2.05) is 6.92 Å². The normalized spacial score (nSPS) is 20.9. The molecule has 1 unspecified atom stereocenters. The zero-order valence-corrected chi connectivity index (χ0v) is 9.81. The van der Waals surface area contributed by atoms with E-state index in [0.29, 0.717) is 18.5 Å². The molecule has 0 saturated carbocycles. The summed E-state index contributed by atoms with van der Waals surface area (Å²) in [5.41, 5.74) is 0. The average molecular weight is 222 g/mol. The molecule has 0 spiro atoms. The highest BCUT2D eigenvalue weighted by Gasteiger charge is 2.17. The van der Waals surface area contributed by atoms with Crippen LogP contribution in [0.5, 0.6) is 5.88 Å². The summed E-state index contributed by atoms with van der Waals surface area (Å²) in [5.74, 6) is 1.51. The summed E-state index contributed by atoms with van der Waals surface area (Å²) in [6, 6.07) is 0.492. The molecule has 0 radical (unpaired) electrons. The van der Waals surface area contributed by atoms with Crippen LogP contribution in [0.15, 0.2) is 12.4 Å². The Morgan fingerprint density at radius 3 is 3.19 bits per heavy atom. The number of anilines is 1. The van der Waals surface area contributed by atoms with Gasteiger partial charge in [0.15, 0.2) is 5.82 Å². The Bertz CT molecular complexity index is 345. The van der Waals surface area contributed by atoms with Gasteiger partial charge in [0.1, 0.15) is 0 Å². The maximum Gasteiger partial charge on any atom is 0.234 e. The number of hydrogen-bond acceptors (Lipinski definition) is 5. The first-order valence-corrected chi connectivity index (χ1v) is 5.72. The van der Waals surface area contributed by atoms with Crippen LogP contribution in [-0.4, -0.2) is 42.3 Å². The fraction of sp³-hybridized carbons (Fsp3) is 0.636. The minimum Gasteiger partial charge on any atom is -0.477 e. The van der Waals surface area contributed by atoms with E-state index in [1.54, 1.807) is 12.4 Å². The third-order valence-corrected chi connectivity index (χ3v) is 2.58. The Labute approximate surface area is 95.8 Å². The van der Waals surface area contributed by atoms with Gasteiger partial charge in [-0.05, 0) is 13.8 Å². The highest BCUT2D eigenvalue weighted by atomic mass is 16.5. The summed E-state index contributed by atoms with van der Waals surface area (Å²) in [4.78, 5) is 10.8. The molecule has 1 N–H and O–H groups in total. The van der Waals surface area contributed by atoms with Gasteiger partial charge in [0.05, 0.1) is 19.0 Å². The van der Waals surface area contributed by atoms with Crippen molar-refractivity contribution in [3.05, 3.63) is 12.4 Å². The van der Waals surface area contributed by atoms with Gasteiger partial charge in [-0.2, -0.15) is 4.98 Å². The van der Waals surface area contributed by atoms with Crippen molar-refractivity contribution in [3.8, 4) is 5.88 Å². The Balaban J connectivity index is 2.09. The molecule has 1 aliphatic rings. The summed E-state index contributed by atoms with van der Waals surface area (Å²) in [5, 5.41) is 3.40. The van der Waals surface area contributed by atoms with Crippen LogP contribution in [0, 0.1) is 0 Å². The fourth-order valence-electron chi connectivity index (χ4n) is 1.85. The maximum absolute atomic E-state index is 5.35. The lowest BCUT2D eigenvalue weighted by Crippen LogP contribution is -2.49. The minimum absolute atomic E-state index is 0.492. The zero-order chi connectivity index (χ0) is 11.4. The van der Waals surface area contributed by atoms with E-state index in [2.05, 4.69) is 27.1 Å². The summed E-state index contributed by atoms with van der Waals surface area (Å²) >= 11 is 0. The fourth-order valence-corrected chi connectivity index (χ4v) is 1.85. The Hall–Kier alpha value is -1.36. The number of nitrogens with one attached hydrogen (secondary N) is 1. The predicted octanol–water partition coefficient (Wildman–Crippen LogP) is 0.673. The van der Waals surface area contributed by atoms with Crippen molar-refractivity contribution in [2.24, 2.45) is 0 Å². The lowest BCUT2D eigenvalue weighted by Gasteiger charge is -2.32. The van der Waals surface area contributed by atoms with Crippen LogP contribution < -0.4 is 15.0 Å². The number of nitrogens with zero attached hydrogens (tertiary/aromatic N) is 3. The number of piperazine rings is 1. The molecule has 1 fully saturated rings. The van der Waals surface area contributed by atoms with Gasteiger partial charge in [-0.1, -0.05) is 0 Å². The molecule has 5 nitrogen and oxygen atoms in total. The van der Waals surface area contributed by atoms with E-state index >= 15 is 0 Å². The Kier molecular flexibility index (Phi) is 3.56. The first-order valence-electron chi connectivity index (χ1n) is 5.72. The first-order chi connectivity index (χ1) is 7.79. The molecule has 1 aromatic heterocycles. The molecule has 1 aliphatic heterocycles. The second-order valence-electron chi connectivity index (χ2n) is 3.95. The van der Waals surface area contributed by atoms with Crippen molar-refractivity contribution in [3.63, 3.8) is 0 Å². The van der Waals surface area contributed by atoms with Gasteiger partial charge in [-0.3, -0.25) is 4.98 Å². The van der Waals surface area contributed by atoms with Gasteiger partial charge in [-0.25, -0.2) is 0 Å². The van der Waals surface area contributed by atoms with Crippen LogP contribution >= 0.6 is 0 Å². The van der Waals surface area contributed by atoms with Crippen molar-refractivity contribution in [2.75, 3.05) is 31.1 Å². The van der Waals surface area contributed by atoms with Crippen molar-refractivity contribution >= 4 is 5.82 Å². The molecule has 0 aliphatic carbocycles. The number of ether oxygens (including phenoxy) is 1. The summed E-state index contributed by atoms with van der Waals surface area (Å²) in [7, 11) is 0. The third kappa shape index (κ3) is 2.61. The first kappa shape index (κ1) is 11.1. The van der Waals surface area contributed by atoms with Gasteiger partial charge in [0.25, 0.3) is 0 Å². The number of rotatable bonds is 3. The number of aromatic nitrogens is 2. The monoisotopic (exact) mass is 222 g/mol. The third-order valence-electron chi connectivity index (χ3n) is 2.58. The summed E-state index contributed by atoms with van der Waals surface area (Å²) in [6.45, 7) is 7.66. The molecule has 1 atom stereocenters. The molecule has 5 heteroatoms. The van der Waals surface area contributed by atoms with Gasteiger partial charge in [0.2, 0.25) is 5.88 Å². The van der Waals surface area contributed by atoms with Crippen molar-refractivity contribution in [2.45, 2.75) is 19.9 Å². The quantitative estimate of drug-likeness (QED) is 0.814. The van der Waals surface area contributed by atoms with E-state index in [4.69, 9.17) is 4.74 Å². The second kappa shape index (κ2) is 5.12. The minimum atomic E-state index is 0.492. The van der Waals surface area contributed by atoms with Crippen molar-refractivity contribution in [1.29, 1.82) is 0 Å². The summed E-state index contributed by atoms with van der Waals surface area (Å²) in [6.07, 6.45) is 3.44. The maximum atomic E-state index is 5.35. The van der Waals surface area contributed by atoms with Crippen molar-refractivity contribution in [1.82, 2.24) is 15.3 Å². The van der Waals surface area contributed by atoms with Gasteiger partial charge in [-0.15, -0.1) is 0 Å². The number of hydrogen-bond donors (Lipinski definition) is 1. The second-order valence-corrected chi connectivity index (χ2v) is 3.95. The zero-order valence-electron chi connectivity index (χ0n) is 9.81. The standard InChI is InChI=1S/C11H18N4O/c1-3-16-11-7-12-6-10(14-11)15-5-4-13-9(2)8-15/h6-7,9,13H,3-5,8H2,1-2H3. The topological polar surface area (TPSA) is 50.3 Å². The van der Waals surface area contributed by atoms with Gasteiger partial charge in [0, 0.05) is 25.7 Å². The molecule has 0 amide bonds. The van der Waals surface area contributed by atoms with Crippen LogP contribution in [0.3, 0.4) is 0 Å². The van der Waals surface area contributed by atoms with Crippen LogP contribution in [0.1, 0.15) is 13.8 Å².